The van der Waals surface area contributed by atoms with Crippen molar-refractivity contribution in [3.05, 3.63) is 12.7 Å². The van der Waals surface area contributed by atoms with Crippen molar-refractivity contribution >= 4 is 27.9 Å². The van der Waals surface area contributed by atoms with E-state index in [1.807, 2.05) is 0 Å². The molecule has 11 heavy (non-hydrogen) atoms. The summed E-state index contributed by atoms with van der Waals surface area (Å²) in [7, 11) is 0. The van der Waals surface area contributed by atoms with Gasteiger partial charge < -0.3 is 0 Å². The van der Waals surface area contributed by atoms with Crippen LogP contribution < -0.4 is 0 Å². The number of hydrogen-bond donors (Lipinski definition) is 0. The molecule has 1 saturated carbocycles. The van der Waals surface area contributed by atoms with Gasteiger partial charge in [0.1, 0.15) is 0 Å². The van der Waals surface area contributed by atoms with E-state index in [1.54, 1.807) is 0 Å². The number of hydrogen-bond acceptors (Lipinski definition) is 1. The van der Waals surface area contributed by atoms with Gasteiger partial charge in [-0.15, -0.1) is 6.58 Å². The van der Waals surface area contributed by atoms with Crippen molar-refractivity contribution in [1.82, 2.24) is 0 Å². The molecule has 1 aliphatic rings. The molecule has 0 radical (unpaired) electrons. The molecule has 0 aliphatic heterocycles. The summed E-state index contributed by atoms with van der Waals surface area (Å²) >= 11 is 8.80. The number of rotatable bonds is 1. The van der Waals surface area contributed by atoms with Gasteiger partial charge in [-0.05, 0) is 41.0 Å². The first kappa shape index (κ1) is 11.0. The van der Waals surface area contributed by atoms with Gasteiger partial charge in [0.05, 0.1) is 0 Å². The molecule has 0 saturated heterocycles. The molecule has 0 heterocycles. The molecule has 0 N–H and O–H groups in total. The molecule has 1 aliphatic carbocycles. The number of carbonyl (C=O) groups excluding carboxylic acids is 1. The lowest BCUT2D eigenvalue weighted by molar-refractivity contribution is 0.275. The Morgan fingerprint density at radius 3 is 1.91 bits per heavy atom. The van der Waals surface area contributed by atoms with Crippen molar-refractivity contribution in [1.29, 1.82) is 0 Å². The second kappa shape index (κ2) is 4.13. The summed E-state index contributed by atoms with van der Waals surface area (Å²) < 4.78 is -0.889. The van der Waals surface area contributed by atoms with E-state index in [-0.39, 0.29) is 0 Å². The molecule has 1 rings (SSSR count). The largest absolute Gasteiger partial charge is 0.313 e. The van der Waals surface area contributed by atoms with Crippen LogP contribution in [0.25, 0.3) is 0 Å². The maximum atomic E-state index is 8.98. The van der Waals surface area contributed by atoms with E-state index in [0.29, 0.717) is 5.41 Å². The Labute approximate surface area is 77.4 Å². The first-order valence-electron chi connectivity index (χ1n) is 3.37. The van der Waals surface area contributed by atoms with Gasteiger partial charge in [0.15, 0.2) is 0 Å². The van der Waals surface area contributed by atoms with E-state index in [0.717, 1.165) is 5.92 Å². The van der Waals surface area contributed by atoms with Crippen molar-refractivity contribution < 1.29 is 4.79 Å². The van der Waals surface area contributed by atoms with Gasteiger partial charge in [-0.2, -0.15) is 0 Å². The minimum absolute atomic E-state index is 0.599. The zero-order valence-corrected chi connectivity index (χ0v) is 8.24. The number of allylic oxidation sites excluding steroid dienone is 1. The lowest BCUT2D eigenvalue weighted by atomic mass is 10.1. The van der Waals surface area contributed by atoms with E-state index < -0.39 is 4.70 Å². The van der Waals surface area contributed by atoms with Gasteiger partial charge >= 0.3 is 4.70 Å². The normalized spacial score (nSPS) is 24.5. The Morgan fingerprint density at radius 1 is 1.64 bits per heavy atom. The first-order chi connectivity index (χ1) is 4.90. The fraction of sp³-hybridized carbons (Fsp3) is 0.625. The van der Waals surface area contributed by atoms with Crippen LogP contribution in [-0.2, 0) is 0 Å². The van der Waals surface area contributed by atoms with Gasteiger partial charge in [-0.1, -0.05) is 19.9 Å². The molecular weight excluding hydrogens is 183 g/mol. The summed E-state index contributed by atoms with van der Waals surface area (Å²) in [5, 5.41) is 0. The second-order valence-corrected chi connectivity index (χ2v) is 4.14. The molecule has 0 aromatic carbocycles. The maximum absolute atomic E-state index is 8.98. The predicted molar refractivity (Wildman–Crippen MR) is 49.2 cm³/mol. The van der Waals surface area contributed by atoms with Crippen LogP contribution in [-0.4, -0.2) is 4.70 Å². The Balaban J connectivity index is 0.000000218. The summed E-state index contributed by atoms with van der Waals surface area (Å²) in [5.74, 6) is 0.812. The summed E-state index contributed by atoms with van der Waals surface area (Å²) in [6.45, 7) is 8.27. The summed E-state index contributed by atoms with van der Waals surface area (Å²) in [6.07, 6.45) is 3.40. The highest BCUT2D eigenvalue weighted by atomic mass is 35.5. The second-order valence-electron chi connectivity index (χ2n) is 3.26. The van der Waals surface area contributed by atoms with Crippen molar-refractivity contribution in [3.8, 4) is 0 Å². The Kier molecular flexibility index (Phi) is 4.12. The Bertz CT molecular complexity index is 159. The molecule has 0 bridgehead atoms. The van der Waals surface area contributed by atoms with Crippen LogP contribution in [0.5, 0.6) is 0 Å². The SMILES string of the molecule is C=CC1CC1(C)C.O=C(Cl)Cl. The minimum Gasteiger partial charge on any atom is -0.262 e. The maximum Gasteiger partial charge on any atom is 0.313 e. The fourth-order valence-electron chi connectivity index (χ4n) is 0.910. The van der Waals surface area contributed by atoms with Gasteiger partial charge in [0.25, 0.3) is 0 Å². The van der Waals surface area contributed by atoms with E-state index in [1.165, 1.54) is 6.42 Å². The van der Waals surface area contributed by atoms with E-state index >= 15 is 0 Å². The lowest BCUT2D eigenvalue weighted by Crippen LogP contribution is -1.84. The molecule has 0 aromatic rings. The van der Waals surface area contributed by atoms with Crippen molar-refractivity contribution in [3.63, 3.8) is 0 Å². The van der Waals surface area contributed by atoms with Crippen LogP contribution in [0, 0.1) is 11.3 Å². The molecule has 0 spiro atoms. The van der Waals surface area contributed by atoms with E-state index in [2.05, 4.69) is 49.7 Å². The molecule has 1 unspecified atom stereocenters. The van der Waals surface area contributed by atoms with Crippen molar-refractivity contribution in [2.24, 2.45) is 11.3 Å². The standard InChI is InChI=1S/C7H12.CCl2O/c1-4-6-5-7(6,2)3;2-1(3)4/h4,6H,1,5H2,2-3H3;. The Morgan fingerprint density at radius 2 is 1.91 bits per heavy atom. The van der Waals surface area contributed by atoms with E-state index in [9.17, 15) is 0 Å². The molecule has 1 nitrogen and oxygen atoms in total. The van der Waals surface area contributed by atoms with Gasteiger partial charge in [-0.25, -0.2) is 0 Å². The van der Waals surface area contributed by atoms with Crippen LogP contribution in [0.2, 0.25) is 0 Å². The lowest BCUT2D eigenvalue weighted by Gasteiger charge is -1.93. The van der Waals surface area contributed by atoms with Crippen molar-refractivity contribution in [2.75, 3.05) is 0 Å². The van der Waals surface area contributed by atoms with Crippen LogP contribution in [0.4, 0.5) is 4.79 Å². The van der Waals surface area contributed by atoms with E-state index in [4.69, 9.17) is 4.79 Å². The third kappa shape index (κ3) is 5.28. The average Bonchev–Trinajstić information content (AvgIpc) is 2.38. The highest BCUT2D eigenvalue weighted by Crippen LogP contribution is 2.51. The Hall–Kier alpha value is -0.0100. The van der Waals surface area contributed by atoms with Crippen LogP contribution in [0.15, 0.2) is 12.7 Å². The fourth-order valence-corrected chi connectivity index (χ4v) is 0.910. The molecule has 0 amide bonds. The summed E-state index contributed by atoms with van der Waals surface area (Å²) in [4.78, 5) is 8.98. The topological polar surface area (TPSA) is 17.1 Å². The third-order valence-corrected chi connectivity index (χ3v) is 1.87. The van der Waals surface area contributed by atoms with Crippen LogP contribution in [0.1, 0.15) is 20.3 Å². The summed E-state index contributed by atoms with van der Waals surface area (Å²) in [5.41, 5.74) is 0.599. The molecule has 0 aromatic heterocycles. The molecular formula is C8H12Cl2O. The molecule has 3 heteroatoms. The van der Waals surface area contributed by atoms with Crippen molar-refractivity contribution in [2.45, 2.75) is 20.3 Å². The minimum atomic E-state index is -0.889. The highest BCUT2D eigenvalue weighted by Gasteiger charge is 2.42. The highest BCUT2D eigenvalue weighted by molar-refractivity contribution is 6.93. The molecule has 1 fully saturated rings. The third-order valence-electron chi connectivity index (χ3n) is 1.87. The number of carbonyl (C=O) groups is 1. The quantitative estimate of drug-likeness (QED) is 0.459. The van der Waals surface area contributed by atoms with Crippen LogP contribution >= 0.6 is 23.2 Å². The van der Waals surface area contributed by atoms with Crippen LogP contribution in [0.3, 0.4) is 0 Å². The van der Waals surface area contributed by atoms with Gasteiger partial charge in [-0.3, -0.25) is 4.79 Å². The monoisotopic (exact) mass is 194 g/mol. The molecule has 1 atom stereocenters. The van der Waals surface area contributed by atoms with Gasteiger partial charge in [0, 0.05) is 0 Å². The zero-order valence-electron chi connectivity index (χ0n) is 6.73. The zero-order chi connectivity index (χ0) is 9.07. The predicted octanol–water partition coefficient (Wildman–Crippen LogP) is 3.80. The summed E-state index contributed by atoms with van der Waals surface area (Å²) in [6, 6.07) is 0. The molecule has 64 valence electrons. The van der Waals surface area contributed by atoms with Gasteiger partial charge in [0.2, 0.25) is 0 Å². The average molecular weight is 195 g/mol. The number of halogens is 2. The smallest absolute Gasteiger partial charge is 0.262 e. The first-order valence-corrected chi connectivity index (χ1v) is 4.13.